The predicted octanol–water partition coefficient (Wildman–Crippen LogP) is 3.70. The smallest absolute Gasteiger partial charge is 0.191 e. The highest BCUT2D eigenvalue weighted by Crippen LogP contribution is 2.15. The van der Waals surface area contributed by atoms with Crippen LogP contribution in [0.15, 0.2) is 70.4 Å². The van der Waals surface area contributed by atoms with Crippen LogP contribution < -0.4 is 10.6 Å². The molecule has 0 saturated heterocycles. The van der Waals surface area contributed by atoms with Gasteiger partial charge in [0.2, 0.25) is 0 Å². The molecule has 0 saturated carbocycles. The van der Waals surface area contributed by atoms with Crippen LogP contribution in [0.4, 0.5) is 4.39 Å². The molecule has 5 nitrogen and oxygen atoms in total. The lowest BCUT2D eigenvalue weighted by Gasteiger charge is -2.15. The summed E-state index contributed by atoms with van der Waals surface area (Å²) in [4.78, 5) is 4.22. The molecular formula is C20H21BrFN5. The quantitative estimate of drug-likeness (QED) is 0.463. The maximum absolute atomic E-state index is 14.0. The lowest BCUT2D eigenvalue weighted by molar-refractivity contribution is 0.603. The molecule has 27 heavy (non-hydrogen) atoms. The highest BCUT2D eigenvalue weighted by molar-refractivity contribution is 9.10. The van der Waals surface area contributed by atoms with Gasteiger partial charge in [-0.2, -0.15) is 5.10 Å². The van der Waals surface area contributed by atoms with Crippen molar-refractivity contribution in [3.63, 3.8) is 0 Å². The Morgan fingerprint density at radius 1 is 1.07 bits per heavy atom. The minimum absolute atomic E-state index is 0.253. The Labute approximate surface area is 166 Å². The van der Waals surface area contributed by atoms with E-state index in [2.05, 4.69) is 48.8 Å². The number of aliphatic imine (C=N–C) groups is 1. The van der Waals surface area contributed by atoms with E-state index in [1.807, 2.05) is 35.1 Å². The van der Waals surface area contributed by atoms with E-state index in [9.17, 15) is 4.39 Å². The van der Waals surface area contributed by atoms with Gasteiger partial charge in [-0.1, -0.05) is 46.3 Å². The van der Waals surface area contributed by atoms with Crippen LogP contribution in [-0.4, -0.2) is 22.8 Å². The molecule has 3 aromatic rings. The molecule has 0 amide bonds. The summed E-state index contributed by atoms with van der Waals surface area (Å²) in [6.45, 7) is 1.68. The van der Waals surface area contributed by atoms with E-state index in [-0.39, 0.29) is 5.82 Å². The third-order valence-corrected chi connectivity index (χ3v) is 4.63. The van der Waals surface area contributed by atoms with Crippen molar-refractivity contribution < 1.29 is 4.39 Å². The lowest BCUT2D eigenvalue weighted by Crippen LogP contribution is -2.36. The van der Waals surface area contributed by atoms with Crippen LogP contribution in [0.3, 0.4) is 0 Å². The molecule has 1 heterocycles. The van der Waals surface area contributed by atoms with Gasteiger partial charge < -0.3 is 10.6 Å². The average Bonchev–Trinajstić information content (AvgIpc) is 3.17. The highest BCUT2D eigenvalue weighted by atomic mass is 79.9. The Hall–Kier alpha value is -2.67. The fraction of sp³-hybridized carbons (Fsp3) is 0.200. The van der Waals surface area contributed by atoms with E-state index < -0.39 is 0 Å². The summed E-state index contributed by atoms with van der Waals surface area (Å²) in [6.07, 6.45) is 3.71. The Balaban J connectivity index is 1.60. The van der Waals surface area contributed by atoms with Crippen molar-refractivity contribution >= 4 is 21.9 Å². The first kappa shape index (κ1) is 19.1. The first-order chi connectivity index (χ1) is 13.2. The van der Waals surface area contributed by atoms with Crippen LogP contribution in [0.2, 0.25) is 0 Å². The van der Waals surface area contributed by atoms with Crippen molar-refractivity contribution in [2.24, 2.45) is 4.99 Å². The zero-order valence-corrected chi connectivity index (χ0v) is 16.6. The normalized spacial score (nSPS) is 11.4. The molecule has 0 bridgehead atoms. The van der Waals surface area contributed by atoms with Gasteiger partial charge in [0, 0.05) is 42.6 Å². The molecule has 140 valence electrons. The fourth-order valence-corrected chi connectivity index (χ4v) is 3.03. The van der Waals surface area contributed by atoms with Gasteiger partial charge in [-0.05, 0) is 29.3 Å². The van der Waals surface area contributed by atoms with Crippen LogP contribution in [-0.2, 0) is 19.6 Å². The minimum Gasteiger partial charge on any atom is -0.352 e. The Bertz CT molecular complexity index is 908. The molecule has 0 aliphatic rings. The number of benzene rings is 2. The van der Waals surface area contributed by atoms with Gasteiger partial charge in [0.15, 0.2) is 5.96 Å². The maximum atomic E-state index is 14.0. The van der Waals surface area contributed by atoms with Gasteiger partial charge in [0.05, 0.1) is 6.54 Å². The van der Waals surface area contributed by atoms with Crippen LogP contribution in [0, 0.1) is 5.82 Å². The van der Waals surface area contributed by atoms with Crippen LogP contribution >= 0.6 is 15.9 Å². The van der Waals surface area contributed by atoms with E-state index in [1.54, 1.807) is 19.3 Å². The largest absolute Gasteiger partial charge is 0.352 e. The number of guanidine groups is 1. The highest BCUT2D eigenvalue weighted by Gasteiger charge is 2.06. The second kappa shape index (κ2) is 9.32. The molecule has 0 atom stereocenters. The summed E-state index contributed by atoms with van der Waals surface area (Å²) >= 11 is 3.27. The molecule has 0 aliphatic carbocycles. The van der Waals surface area contributed by atoms with Gasteiger partial charge in [-0.3, -0.25) is 9.67 Å². The number of nitrogens with zero attached hydrogens (tertiary/aromatic N) is 3. The topological polar surface area (TPSA) is 54.2 Å². The Morgan fingerprint density at radius 2 is 1.81 bits per heavy atom. The van der Waals surface area contributed by atoms with Crippen molar-refractivity contribution in [2.45, 2.75) is 19.6 Å². The number of hydrogen-bond acceptors (Lipinski definition) is 2. The summed E-state index contributed by atoms with van der Waals surface area (Å²) in [5, 5.41) is 10.7. The average molecular weight is 430 g/mol. The van der Waals surface area contributed by atoms with Crippen molar-refractivity contribution in [3.8, 4) is 0 Å². The van der Waals surface area contributed by atoms with E-state index in [1.165, 1.54) is 11.6 Å². The van der Waals surface area contributed by atoms with Gasteiger partial charge >= 0.3 is 0 Å². The first-order valence-electron chi connectivity index (χ1n) is 8.58. The molecular weight excluding hydrogens is 409 g/mol. The first-order valence-corrected chi connectivity index (χ1v) is 9.37. The molecule has 0 fully saturated rings. The second-order valence-corrected chi connectivity index (χ2v) is 6.90. The number of aromatic nitrogens is 2. The van der Waals surface area contributed by atoms with Crippen molar-refractivity contribution in [1.29, 1.82) is 0 Å². The number of hydrogen-bond donors (Lipinski definition) is 2. The van der Waals surface area contributed by atoms with E-state index in [4.69, 9.17) is 0 Å². The standard InChI is InChI=1S/C20H21BrFN5/c1-23-20(25-13-16-7-8-18(21)11-19(16)22)24-12-15-5-2-3-6-17(15)14-27-10-4-9-26-27/h2-11H,12-14H2,1H3,(H2,23,24,25). The third kappa shape index (κ3) is 5.40. The monoisotopic (exact) mass is 429 g/mol. The SMILES string of the molecule is CN=C(NCc1ccc(Br)cc1F)NCc1ccccc1Cn1cccn1. The second-order valence-electron chi connectivity index (χ2n) is 5.99. The molecule has 0 spiro atoms. The van der Waals surface area contributed by atoms with E-state index >= 15 is 0 Å². The molecule has 7 heteroatoms. The zero-order valence-electron chi connectivity index (χ0n) is 15.0. The summed E-state index contributed by atoms with van der Waals surface area (Å²) in [6, 6.07) is 15.1. The Morgan fingerprint density at radius 3 is 2.48 bits per heavy atom. The fourth-order valence-electron chi connectivity index (χ4n) is 2.70. The molecule has 1 aromatic heterocycles. The van der Waals surface area contributed by atoms with Crippen molar-refractivity contribution in [3.05, 3.63) is 87.9 Å². The van der Waals surface area contributed by atoms with Gasteiger partial charge in [0.25, 0.3) is 0 Å². The van der Waals surface area contributed by atoms with Crippen molar-refractivity contribution in [2.75, 3.05) is 7.05 Å². The van der Waals surface area contributed by atoms with Crippen LogP contribution in [0.1, 0.15) is 16.7 Å². The molecule has 0 aliphatic heterocycles. The van der Waals surface area contributed by atoms with Gasteiger partial charge in [-0.15, -0.1) is 0 Å². The zero-order chi connectivity index (χ0) is 19.1. The molecule has 2 aromatic carbocycles. The van der Waals surface area contributed by atoms with Crippen molar-refractivity contribution in [1.82, 2.24) is 20.4 Å². The summed E-state index contributed by atoms with van der Waals surface area (Å²) < 4.78 is 16.6. The predicted molar refractivity (Wildman–Crippen MR) is 109 cm³/mol. The van der Waals surface area contributed by atoms with Gasteiger partial charge in [0.1, 0.15) is 5.82 Å². The summed E-state index contributed by atoms with van der Waals surface area (Å²) in [5.74, 6) is 0.364. The molecule has 0 radical (unpaired) electrons. The third-order valence-electron chi connectivity index (χ3n) is 4.14. The lowest BCUT2D eigenvalue weighted by atomic mass is 10.1. The number of nitrogens with one attached hydrogen (secondary N) is 2. The molecule has 2 N–H and O–H groups in total. The number of halogens is 2. The molecule has 0 unspecified atom stereocenters. The van der Waals surface area contributed by atoms with E-state index in [0.29, 0.717) is 31.2 Å². The minimum atomic E-state index is -0.253. The number of rotatable bonds is 6. The maximum Gasteiger partial charge on any atom is 0.191 e. The van der Waals surface area contributed by atoms with Crippen LogP contribution in [0.5, 0.6) is 0 Å². The summed E-state index contributed by atoms with van der Waals surface area (Å²) in [5.41, 5.74) is 2.93. The van der Waals surface area contributed by atoms with E-state index in [0.717, 1.165) is 10.0 Å². The Kier molecular flexibility index (Phi) is 6.59. The van der Waals surface area contributed by atoms with Crippen LogP contribution in [0.25, 0.3) is 0 Å². The van der Waals surface area contributed by atoms with Gasteiger partial charge in [-0.25, -0.2) is 4.39 Å². The molecule has 3 rings (SSSR count). The summed E-state index contributed by atoms with van der Waals surface area (Å²) in [7, 11) is 1.70.